The molecule has 1 atom stereocenters. The zero-order valence-corrected chi connectivity index (χ0v) is 22.0. The molecule has 0 aromatic carbocycles. The molecular formula is C26H28FN7O2S. The smallest absolute Gasteiger partial charge is 0.126 e. The number of ether oxygens (including phenoxy) is 1. The molecule has 0 aliphatic carbocycles. The second kappa shape index (κ2) is 8.93. The van der Waals surface area contributed by atoms with Gasteiger partial charge in [0.2, 0.25) is 0 Å². The molecule has 1 saturated heterocycles. The van der Waals surface area contributed by atoms with Crippen LogP contribution in [0, 0.1) is 18.7 Å². The van der Waals surface area contributed by atoms with Gasteiger partial charge in [-0.15, -0.1) is 5.10 Å². The van der Waals surface area contributed by atoms with Crippen molar-refractivity contribution in [3.05, 3.63) is 53.5 Å². The number of nitrogens with zero attached hydrogens (tertiary/aromatic N) is 7. The number of rotatable bonds is 5. The van der Waals surface area contributed by atoms with Gasteiger partial charge in [-0.1, -0.05) is 5.21 Å². The van der Waals surface area contributed by atoms with Crippen molar-refractivity contribution in [1.82, 2.24) is 33.9 Å². The predicted octanol–water partition coefficient (Wildman–Crippen LogP) is 4.53. The fourth-order valence-corrected chi connectivity index (χ4v) is 6.49. The van der Waals surface area contributed by atoms with Gasteiger partial charge in [-0.25, -0.2) is 9.07 Å². The second-order valence-electron chi connectivity index (χ2n) is 10.2. The molecule has 37 heavy (non-hydrogen) atoms. The van der Waals surface area contributed by atoms with Gasteiger partial charge in [0.05, 0.1) is 38.9 Å². The van der Waals surface area contributed by atoms with Gasteiger partial charge in [-0.2, -0.15) is 4.37 Å². The van der Waals surface area contributed by atoms with Crippen LogP contribution in [0.15, 0.2) is 30.6 Å². The van der Waals surface area contributed by atoms with Crippen LogP contribution in [0.5, 0.6) is 0 Å². The van der Waals surface area contributed by atoms with Crippen LogP contribution < -0.4 is 0 Å². The molecule has 1 unspecified atom stereocenters. The number of fused-ring (bicyclic) bond motifs is 3. The lowest BCUT2D eigenvalue weighted by Crippen LogP contribution is -2.28. The van der Waals surface area contributed by atoms with E-state index in [9.17, 15) is 9.50 Å². The molecule has 1 aliphatic heterocycles. The number of hydrogen-bond acceptors (Lipinski definition) is 8. The Bertz CT molecular complexity index is 1590. The van der Waals surface area contributed by atoms with E-state index in [2.05, 4.69) is 30.3 Å². The van der Waals surface area contributed by atoms with Crippen molar-refractivity contribution < 1.29 is 14.2 Å². The normalized spacial score (nSPS) is 16.2. The predicted molar refractivity (Wildman–Crippen MR) is 139 cm³/mol. The van der Waals surface area contributed by atoms with Gasteiger partial charge in [0.1, 0.15) is 22.6 Å². The molecule has 0 amide bonds. The van der Waals surface area contributed by atoms with Crippen LogP contribution in [0.1, 0.15) is 49.8 Å². The first kappa shape index (κ1) is 24.1. The topological polar surface area (TPSA) is 104 Å². The number of pyridine rings is 2. The van der Waals surface area contributed by atoms with Crippen LogP contribution in [0.3, 0.4) is 0 Å². The molecule has 11 heteroatoms. The SMILES string of the molecule is Cc1nnn(C)c1-c1cnc2c3snc(C(C)(C)O)c3n(C(c3cc(F)ccn3)C3CCOCC3)c2c1. The molecule has 0 radical (unpaired) electrons. The summed E-state index contributed by atoms with van der Waals surface area (Å²) < 4.78 is 29.7. The highest BCUT2D eigenvalue weighted by atomic mass is 32.1. The standard InChI is InChI=1S/C26H28FN7O2S/c1-14-21(33(4)32-30-14)16-11-19-20(29-13-16)24-23(25(31-37-24)26(2,3)35)34(19)22(15-6-9-36-10-7-15)18-12-17(27)5-8-28-18/h5,8,11-13,15,22,35H,6-7,9-10H2,1-4H3. The monoisotopic (exact) mass is 521 g/mol. The van der Waals surface area contributed by atoms with Crippen LogP contribution in [0.2, 0.25) is 0 Å². The molecule has 6 rings (SSSR count). The highest BCUT2D eigenvalue weighted by Gasteiger charge is 2.35. The molecule has 5 aromatic heterocycles. The van der Waals surface area contributed by atoms with E-state index in [1.54, 1.807) is 18.5 Å². The van der Waals surface area contributed by atoms with Crippen molar-refractivity contribution in [2.45, 2.75) is 45.3 Å². The Hall–Kier alpha value is -3.28. The van der Waals surface area contributed by atoms with E-state index in [1.165, 1.54) is 29.9 Å². The summed E-state index contributed by atoms with van der Waals surface area (Å²) in [5.74, 6) is -0.198. The average Bonchev–Trinajstić information content (AvgIpc) is 3.53. The Morgan fingerprint density at radius 3 is 2.68 bits per heavy atom. The van der Waals surface area contributed by atoms with Gasteiger partial charge in [-0.05, 0) is 69.3 Å². The Morgan fingerprint density at radius 1 is 1.22 bits per heavy atom. The molecule has 0 spiro atoms. The molecule has 1 fully saturated rings. The number of halogens is 1. The summed E-state index contributed by atoms with van der Waals surface area (Å²) in [5.41, 5.74) is 5.02. The zero-order valence-electron chi connectivity index (χ0n) is 21.1. The lowest BCUT2D eigenvalue weighted by atomic mass is 9.88. The van der Waals surface area contributed by atoms with Crippen LogP contribution in [-0.4, -0.2) is 52.2 Å². The maximum atomic E-state index is 14.6. The number of aliphatic hydroxyl groups is 1. The molecule has 192 valence electrons. The van der Waals surface area contributed by atoms with Crippen LogP contribution >= 0.6 is 11.5 Å². The van der Waals surface area contributed by atoms with Crippen molar-refractivity contribution in [1.29, 1.82) is 0 Å². The third-order valence-corrected chi connectivity index (χ3v) is 7.98. The number of aryl methyl sites for hydroxylation is 2. The first-order valence-electron chi connectivity index (χ1n) is 12.3. The number of aromatic nitrogens is 7. The Labute approximate surface area is 217 Å². The third-order valence-electron chi connectivity index (χ3n) is 7.14. The fourth-order valence-electron chi connectivity index (χ4n) is 5.47. The van der Waals surface area contributed by atoms with Crippen LogP contribution in [0.25, 0.3) is 32.5 Å². The summed E-state index contributed by atoms with van der Waals surface area (Å²) in [6.45, 7) is 6.64. The van der Waals surface area contributed by atoms with Gasteiger partial charge in [0.25, 0.3) is 0 Å². The van der Waals surface area contributed by atoms with E-state index < -0.39 is 5.60 Å². The van der Waals surface area contributed by atoms with Crippen molar-refractivity contribution in [2.24, 2.45) is 13.0 Å². The molecule has 1 N–H and O–H groups in total. The van der Waals surface area contributed by atoms with Gasteiger partial charge < -0.3 is 14.4 Å². The van der Waals surface area contributed by atoms with E-state index in [1.807, 2.05) is 20.2 Å². The lowest BCUT2D eigenvalue weighted by Gasteiger charge is -2.32. The quantitative estimate of drug-likeness (QED) is 0.362. The van der Waals surface area contributed by atoms with Crippen molar-refractivity contribution in [2.75, 3.05) is 13.2 Å². The number of hydrogen-bond donors (Lipinski definition) is 1. The van der Waals surface area contributed by atoms with Crippen molar-refractivity contribution in [3.8, 4) is 11.3 Å². The molecule has 5 aromatic rings. The summed E-state index contributed by atoms with van der Waals surface area (Å²) in [4.78, 5) is 9.52. The minimum absolute atomic E-state index is 0.139. The van der Waals surface area contributed by atoms with Crippen LogP contribution in [0.4, 0.5) is 4.39 Å². The Morgan fingerprint density at radius 2 is 2.00 bits per heavy atom. The van der Waals surface area contributed by atoms with Crippen molar-refractivity contribution in [3.63, 3.8) is 0 Å². The summed E-state index contributed by atoms with van der Waals surface area (Å²) in [6, 6.07) is 4.65. The molecule has 0 saturated carbocycles. The molecule has 1 aliphatic rings. The third kappa shape index (κ3) is 4.01. The first-order chi connectivity index (χ1) is 17.7. The van der Waals surface area contributed by atoms with E-state index >= 15 is 0 Å². The summed E-state index contributed by atoms with van der Waals surface area (Å²) in [7, 11) is 1.86. The average molecular weight is 522 g/mol. The largest absolute Gasteiger partial charge is 0.384 e. The van der Waals surface area contributed by atoms with Gasteiger partial charge >= 0.3 is 0 Å². The van der Waals surface area contributed by atoms with Crippen molar-refractivity contribution >= 4 is 32.8 Å². The van der Waals surface area contributed by atoms with Crippen LogP contribution in [-0.2, 0) is 17.4 Å². The maximum absolute atomic E-state index is 14.6. The van der Waals surface area contributed by atoms with E-state index in [-0.39, 0.29) is 17.8 Å². The fraction of sp³-hybridized carbons (Fsp3) is 0.423. The van der Waals surface area contributed by atoms with Gasteiger partial charge in [0, 0.05) is 38.2 Å². The molecular weight excluding hydrogens is 493 g/mol. The minimum Gasteiger partial charge on any atom is -0.384 e. The summed E-state index contributed by atoms with van der Waals surface area (Å²) in [6.07, 6.45) is 4.94. The highest BCUT2D eigenvalue weighted by molar-refractivity contribution is 7.14. The molecule has 9 nitrogen and oxygen atoms in total. The zero-order chi connectivity index (χ0) is 25.9. The molecule has 6 heterocycles. The van der Waals surface area contributed by atoms with Gasteiger partial charge in [-0.3, -0.25) is 9.97 Å². The minimum atomic E-state index is -1.19. The molecule has 0 bridgehead atoms. The first-order valence-corrected chi connectivity index (χ1v) is 13.1. The maximum Gasteiger partial charge on any atom is 0.126 e. The van der Waals surface area contributed by atoms with E-state index in [0.29, 0.717) is 24.6 Å². The van der Waals surface area contributed by atoms with E-state index in [4.69, 9.17) is 9.72 Å². The highest BCUT2D eigenvalue weighted by Crippen LogP contribution is 2.44. The summed E-state index contributed by atoms with van der Waals surface area (Å²) >= 11 is 1.32. The Kier molecular flexibility index (Phi) is 5.81. The lowest BCUT2D eigenvalue weighted by molar-refractivity contribution is 0.0542. The van der Waals surface area contributed by atoms with Gasteiger partial charge in [0.15, 0.2) is 0 Å². The second-order valence-corrected chi connectivity index (χ2v) is 10.9. The summed E-state index contributed by atoms with van der Waals surface area (Å²) in [5, 5.41) is 19.5. The van der Waals surface area contributed by atoms with E-state index in [0.717, 1.165) is 51.0 Å². The Balaban J connectivity index is 1.71.